The summed E-state index contributed by atoms with van der Waals surface area (Å²) in [7, 11) is 0. The molecular weight excluding hydrogens is 569 g/mol. The largest absolute Gasteiger partial charge is 0.454 e. The zero-order valence-electron chi connectivity index (χ0n) is 21.1. The Hall–Kier alpha value is -5.47. The number of amides is 3. The molecule has 0 atom stereocenters. The molecule has 2 N–H and O–H groups in total. The van der Waals surface area contributed by atoms with Gasteiger partial charge in [0, 0.05) is 29.8 Å². The number of aromatic nitrogens is 2. The molecule has 216 valence electrons. The molecule has 0 spiro atoms. The molecule has 3 heterocycles. The molecule has 15 heteroatoms. The molecule has 0 saturated carbocycles. The molecule has 1 aliphatic rings. The number of anilines is 2. The lowest BCUT2D eigenvalue weighted by molar-refractivity contribution is -0.140. The predicted octanol–water partition coefficient (Wildman–Crippen LogP) is 5.82. The molecule has 3 amide bonds. The van der Waals surface area contributed by atoms with Gasteiger partial charge in [0.05, 0.1) is 12.1 Å². The van der Waals surface area contributed by atoms with Crippen molar-refractivity contribution in [2.75, 3.05) is 17.2 Å². The average Bonchev–Trinajstić information content (AvgIpc) is 2.92. The lowest BCUT2D eigenvalue weighted by atomic mass is 10.2. The van der Waals surface area contributed by atoms with Gasteiger partial charge in [0.1, 0.15) is 23.9 Å². The maximum absolute atomic E-state index is 14.9. The van der Waals surface area contributed by atoms with Crippen molar-refractivity contribution in [2.24, 2.45) is 0 Å². The smallest absolute Gasteiger partial charge is 0.417 e. The van der Waals surface area contributed by atoms with Crippen molar-refractivity contribution in [3.8, 4) is 22.9 Å². The molecule has 1 aliphatic heterocycles. The van der Waals surface area contributed by atoms with Gasteiger partial charge in [-0.2, -0.15) is 13.2 Å². The molecule has 2 aromatic carbocycles. The van der Waals surface area contributed by atoms with Crippen molar-refractivity contribution in [2.45, 2.75) is 12.7 Å². The summed E-state index contributed by atoms with van der Waals surface area (Å²) < 4.78 is 78.5. The number of ether oxygens (including phenoxy) is 2. The number of carbonyl (C=O) groups is 2. The van der Waals surface area contributed by atoms with E-state index in [9.17, 15) is 36.3 Å². The molecule has 0 bridgehead atoms. The zero-order valence-corrected chi connectivity index (χ0v) is 21.1. The van der Waals surface area contributed by atoms with E-state index in [1.165, 1.54) is 48.8 Å². The topological polar surface area (TPSA) is 115 Å². The van der Waals surface area contributed by atoms with Crippen LogP contribution >= 0.6 is 0 Å². The van der Waals surface area contributed by atoms with Crippen LogP contribution in [0.25, 0.3) is 5.69 Å². The molecule has 0 fully saturated rings. The first-order chi connectivity index (χ1) is 20.0. The minimum atomic E-state index is -4.65. The molecule has 4 aromatic rings. The minimum absolute atomic E-state index is 0.0308. The van der Waals surface area contributed by atoms with Crippen molar-refractivity contribution in [1.29, 1.82) is 0 Å². The highest BCUT2D eigenvalue weighted by Gasteiger charge is 2.36. The van der Waals surface area contributed by atoms with E-state index in [4.69, 9.17) is 9.47 Å². The molecule has 10 nitrogen and oxygen atoms in total. The van der Waals surface area contributed by atoms with Gasteiger partial charge in [-0.05, 0) is 54.6 Å². The third-order valence-corrected chi connectivity index (χ3v) is 5.86. The lowest BCUT2D eigenvalue weighted by Gasteiger charge is -2.30. The monoisotopic (exact) mass is 587 g/mol. The summed E-state index contributed by atoms with van der Waals surface area (Å²) in [6.07, 6.45) is -3.13. The van der Waals surface area contributed by atoms with Crippen LogP contribution in [0.5, 0.6) is 17.2 Å². The number of rotatable bonds is 6. The fourth-order valence-electron chi connectivity index (χ4n) is 4.00. The van der Waals surface area contributed by atoms with E-state index in [0.29, 0.717) is 10.6 Å². The second-order valence-electron chi connectivity index (χ2n) is 8.82. The number of benzene rings is 2. The van der Waals surface area contributed by atoms with Gasteiger partial charge in [-0.3, -0.25) is 20.0 Å². The Morgan fingerprint density at radius 2 is 1.76 bits per heavy atom. The van der Waals surface area contributed by atoms with Crippen molar-refractivity contribution in [3.05, 3.63) is 101 Å². The highest BCUT2D eigenvalue weighted by atomic mass is 19.4. The Kier molecular flexibility index (Phi) is 7.48. The van der Waals surface area contributed by atoms with Crippen LogP contribution < -0.4 is 25.7 Å². The number of nitrogens with one attached hydrogen (secondary N) is 2. The molecule has 0 unspecified atom stereocenters. The first-order valence-electron chi connectivity index (χ1n) is 12.0. The molecule has 42 heavy (non-hydrogen) atoms. The number of alkyl halides is 3. The summed E-state index contributed by atoms with van der Waals surface area (Å²) in [4.78, 5) is 41.6. The highest BCUT2D eigenvalue weighted by Crippen LogP contribution is 2.35. The molecule has 5 rings (SSSR count). The van der Waals surface area contributed by atoms with E-state index in [1.54, 1.807) is 0 Å². The first kappa shape index (κ1) is 28.1. The fourth-order valence-corrected chi connectivity index (χ4v) is 4.00. The van der Waals surface area contributed by atoms with Gasteiger partial charge in [-0.15, -0.1) is 0 Å². The maximum Gasteiger partial charge on any atom is 0.417 e. The fraction of sp³-hybridized carbons (Fsp3) is 0.111. The molecule has 0 radical (unpaired) electrons. The van der Waals surface area contributed by atoms with Crippen molar-refractivity contribution in [3.63, 3.8) is 0 Å². The predicted molar refractivity (Wildman–Crippen MR) is 138 cm³/mol. The summed E-state index contributed by atoms with van der Waals surface area (Å²) in [5.41, 5.74) is -0.351. The molecule has 0 saturated heterocycles. The Labute approximate surface area is 232 Å². The average molecular weight is 587 g/mol. The maximum atomic E-state index is 14.9. The van der Waals surface area contributed by atoms with Gasteiger partial charge in [0.2, 0.25) is 0 Å². The number of carbonyl (C=O) groups excluding carboxylic acids is 2. The van der Waals surface area contributed by atoms with Crippen LogP contribution in [0.3, 0.4) is 0 Å². The van der Waals surface area contributed by atoms with Crippen LogP contribution in [0.15, 0.2) is 77.9 Å². The molecular formula is C27H18F5N5O5. The van der Waals surface area contributed by atoms with E-state index in [1.807, 2.05) is 0 Å². The normalized spacial score (nSPS) is 12.8. The summed E-state index contributed by atoms with van der Waals surface area (Å²) >= 11 is 0. The number of hydrogen-bond donors (Lipinski definition) is 2. The quantitative estimate of drug-likeness (QED) is 0.275. The van der Waals surface area contributed by atoms with Crippen LogP contribution in [0, 0.1) is 11.6 Å². The highest BCUT2D eigenvalue weighted by molar-refractivity contribution is 5.91. The van der Waals surface area contributed by atoms with E-state index < -0.39 is 48.6 Å². The van der Waals surface area contributed by atoms with Crippen molar-refractivity contribution < 1.29 is 41.0 Å². The van der Waals surface area contributed by atoms with Crippen LogP contribution in [-0.4, -0.2) is 39.3 Å². The van der Waals surface area contributed by atoms with E-state index in [-0.39, 0.29) is 34.3 Å². The molecule has 2 aromatic heterocycles. The Bertz CT molecular complexity index is 1730. The second kappa shape index (κ2) is 11.2. The second-order valence-corrected chi connectivity index (χ2v) is 8.82. The summed E-state index contributed by atoms with van der Waals surface area (Å²) in [6.45, 7) is -2.00. The Balaban J connectivity index is 1.28. The summed E-state index contributed by atoms with van der Waals surface area (Å²) in [5.74, 6) is -2.22. The first-order valence-corrected chi connectivity index (χ1v) is 12.0. The van der Waals surface area contributed by atoms with E-state index in [0.717, 1.165) is 28.8 Å². The number of pyridine rings is 2. The number of urea groups is 1. The summed E-state index contributed by atoms with van der Waals surface area (Å²) in [5, 5.41) is 4.52. The molecule has 0 aliphatic carbocycles. The number of halogens is 5. The Morgan fingerprint density at radius 1 is 1.00 bits per heavy atom. The van der Waals surface area contributed by atoms with Crippen molar-refractivity contribution in [1.82, 2.24) is 14.5 Å². The number of hydrogen-bond acceptors (Lipinski definition) is 6. The number of fused-ring (bicyclic) bond motifs is 1. The van der Waals surface area contributed by atoms with Crippen LogP contribution in [0.4, 0.5) is 43.0 Å². The van der Waals surface area contributed by atoms with Crippen LogP contribution in [0.1, 0.15) is 5.56 Å². The van der Waals surface area contributed by atoms with Gasteiger partial charge < -0.3 is 14.4 Å². The minimum Gasteiger partial charge on any atom is -0.454 e. The van der Waals surface area contributed by atoms with E-state index in [2.05, 4.69) is 15.6 Å². The lowest BCUT2D eigenvalue weighted by Crippen LogP contribution is -2.44. The van der Waals surface area contributed by atoms with Gasteiger partial charge in [0.25, 0.3) is 5.56 Å². The van der Waals surface area contributed by atoms with Crippen molar-refractivity contribution >= 4 is 23.6 Å². The van der Waals surface area contributed by atoms with Gasteiger partial charge in [0.15, 0.2) is 17.3 Å². The third-order valence-electron chi connectivity index (χ3n) is 5.86. The SMILES string of the molecule is O=C(Nc1ccc(Oc2ccnc3c2CN(CC(F)(F)F)C(=O)N3)c(F)c1)Oc1cccn(-c2ccc(F)cc2)c1=O. The van der Waals surface area contributed by atoms with Gasteiger partial charge >= 0.3 is 18.3 Å². The van der Waals surface area contributed by atoms with E-state index >= 15 is 0 Å². The van der Waals surface area contributed by atoms with Crippen LogP contribution in [-0.2, 0) is 6.54 Å². The zero-order chi connectivity index (χ0) is 30.0. The summed E-state index contributed by atoms with van der Waals surface area (Å²) in [6, 6.07) is 11.3. The Morgan fingerprint density at radius 3 is 2.48 bits per heavy atom. The van der Waals surface area contributed by atoms with Gasteiger partial charge in [-0.1, -0.05) is 0 Å². The standard InChI is InChI=1S/C27H18F5N5O5/c28-15-3-6-17(7-4-15)37-11-1-2-22(24(37)38)42-26(40)34-16-5-8-21(19(29)12-16)41-20-9-10-33-23-18(20)13-36(25(39)35-23)14-27(30,31)32/h1-12H,13-14H2,(H,34,40)(H,33,35,39). The third kappa shape index (κ3) is 6.29. The number of nitrogens with zero attached hydrogens (tertiary/aromatic N) is 3. The van der Waals surface area contributed by atoms with Gasteiger partial charge in [-0.25, -0.2) is 23.4 Å². The van der Waals surface area contributed by atoms with Crippen LogP contribution in [0.2, 0.25) is 0 Å².